The Balaban J connectivity index is 1.39. The summed E-state index contributed by atoms with van der Waals surface area (Å²) in [6.07, 6.45) is 0.895. The van der Waals surface area contributed by atoms with Crippen molar-refractivity contribution in [2.24, 2.45) is 0 Å². The SMILES string of the molecule is COc1ccc(OC)c(CN2CCN(C(=O)c3n[nH]c4c3CNCC4)CC2)c1. The lowest BCUT2D eigenvalue weighted by molar-refractivity contribution is 0.0620. The Bertz CT molecular complexity index is 842. The Morgan fingerprint density at radius 1 is 1.18 bits per heavy atom. The first-order chi connectivity index (χ1) is 13.7. The molecule has 3 heterocycles. The number of rotatable bonds is 5. The number of nitrogens with zero attached hydrogens (tertiary/aromatic N) is 3. The quantitative estimate of drug-likeness (QED) is 0.800. The fourth-order valence-electron chi connectivity index (χ4n) is 3.91. The van der Waals surface area contributed by atoms with Crippen LogP contribution in [0.15, 0.2) is 18.2 Å². The molecule has 0 radical (unpaired) electrons. The molecular weight excluding hydrogens is 358 g/mol. The number of methoxy groups -OCH3 is 2. The molecule has 1 saturated heterocycles. The molecule has 2 aromatic rings. The number of aromatic nitrogens is 2. The fraction of sp³-hybridized carbons (Fsp3) is 0.500. The van der Waals surface area contributed by atoms with Crippen LogP contribution in [0.1, 0.15) is 27.3 Å². The molecule has 8 nitrogen and oxygen atoms in total. The van der Waals surface area contributed by atoms with Crippen molar-refractivity contribution < 1.29 is 14.3 Å². The van der Waals surface area contributed by atoms with Crippen molar-refractivity contribution in [3.8, 4) is 11.5 Å². The average molecular weight is 385 g/mol. The number of fused-ring (bicyclic) bond motifs is 1. The van der Waals surface area contributed by atoms with Gasteiger partial charge < -0.3 is 19.7 Å². The van der Waals surface area contributed by atoms with Gasteiger partial charge >= 0.3 is 0 Å². The summed E-state index contributed by atoms with van der Waals surface area (Å²) >= 11 is 0. The van der Waals surface area contributed by atoms with E-state index in [4.69, 9.17) is 9.47 Å². The summed E-state index contributed by atoms with van der Waals surface area (Å²) in [5.41, 5.74) is 3.78. The third kappa shape index (κ3) is 3.70. The summed E-state index contributed by atoms with van der Waals surface area (Å²) in [5, 5.41) is 10.7. The van der Waals surface area contributed by atoms with E-state index in [1.165, 1.54) is 0 Å². The van der Waals surface area contributed by atoms with Crippen LogP contribution in [0.25, 0.3) is 0 Å². The third-order valence-electron chi connectivity index (χ3n) is 5.55. The molecule has 2 aliphatic rings. The van der Waals surface area contributed by atoms with Crippen molar-refractivity contribution in [3.05, 3.63) is 40.7 Å². The molecular formula is C20H27N5O3. The lowest BCUT2D eigenvalue weighted by Crippen LogP contribution is -2.48. The standard InChI is InChI=1S/C20H27N5O3/c1-27-15-3-4-18(28-2)14(11-15)13-24-7-9-25(10-8-24)20(26)19-16-12-21-6-5-17(16)22-23-19/h3-4,11,21H,5-10,12-13H2,1-2H3,(H,22,23). The predicted octanol–water partition coefficient (Wildman–Crippen LogP) is 1.03. The van der Waals surface area contributed by atoms with Gasteiger partial charge in [0, 0.05) is 69.1 Å². The zero-order valence-electron chi connectivity index (χ0n) is 16.5. The maximum absolute atomic E-state index is 12.9. The van der Waals surface area contributed by atoms with Crippen molar-refractivity contribution in [1.29, 1.82) is 0 Å². The molecule has 0 saturated carbocycles. The van der Waals surface area contributed by atoms with Gasteiger partial charge in [0.25, 0.3) is 5.91 Å². The van der Waals surface area contributed by atoms with Crippen LogP contribution in [0.4, 0.5) is 0 Å². The molecule has 150 valence electrons. The van der Waals surface area contributed by atoms with E-state index in [9.17, 15) is 4.79 Å². The first-order valence-corrected chi connectivity index (χ1v) is 9.69. The highest BCUT2D eigenvalue weighted by molar-refractivity contribution is 5.94. The number of hydrogen-bond donors (Lipinski definition) is 2. The van der Waals surface area contributed by atoms with Gasteiger partial charge in [0.15, 0.2) is 5.69 Å². The number of carbonyl (C=O) groups is 1. The molecule has 28 heavy (non-hydrogen) atoms. The number of piperazine rings is 1. The van der Waals surface area contributed by atoms with Gasteiger partial charge in [-0.25, -0.2) is 0 Å². The molecule has 8 heteroatoms. The number of benzene rings is 1. The van der Waals surface area contributed by atoms with E-state index >= 15 is 0 Å². The van der Waals surface area contributed by atoms with Crippen LogP contribution in [-0.2, 0) is 19.5 Å². The van der Waals surface area contributed by atoms with E-state index in [1.54, 1.807) is 14.2 Å². The van der Waals surface area contributed by atoms with Crippen LogP contribution in [-0.4, -0.2) is 72.8 Å². The van der Waals surface area contributed by atoms with E-state index < -0.39 is 0 Å². The Morgan fingerprint density at radius 2 is 2.00 bits per heavy atom. The lowest BCUT2D eigenvalue weighted by atomic mass is 10.1. The van der Waals surface area contributed by atoms with E-state index in [0.717, 1.165) is 60.9 Å². The summed E-state index contributed by atoms with van der Waals surface area (Å²) in [6, 6.07) is 5.85. The van der Waals surface area contributed by atoms with Gasteiger partial charge in [-0.3, -0.25) is 14.8 Å². The Kier molecular flexibility index (Phi) is 5.50. The molecule has 1 aromatic heterocycles. The summed E-state index contributed by atoms with van der Waals surface area (Å²) in [6.45, 7) is 5.43. The minimum atomic E-state index is 0.0276. The number of H-pyrrole nitrogens is 1. The van der Waals surface area contributed by atoms with E-state index in [2.05, 4.69) is 20.4 Å². The maximum atomic E-state index is 12.9. The zero-order valence-corrected chi connectivity index (χ0v) is 16.5. The van der Waals surface area contributed by atoms with E-state index in [0.29, 0.717) is 25.3 Å². The molecule has 2 aliphatic heterocycles. The second-order valence-corrected chi connectivity index (χ2v) is 7.20. The van der Waals surface area contributed by atoms with Crippen LogP contribution in [0.2, 0.25) is 0 Å². The molecule has 0 aliphatic carbocycles. The highest BCUT2D eigenvalue weighted by Crippen LogP contribution is 2.26. The summed E-state index contributed by atoms with van der Waals surface area (Å²) in [5.74, 6) is 1.70. The van der Waals surface area contributed by atoms with Gasteiger partial charge in [-0.15, -0.1) is 0 Å². The number of ether oxygens (including phenoxy) is 2. The number of amides is 1. The van der Waals surface area contributed by atoms with E-state index in [1.807, 2.05) is 23.1 Å². The predicted molar refractivity (Wildman–Crippen MR) is 105 cm³/mol. The van der Waals surface area contributed by atoms with Gasteiger partial charge in [0.2, 0.25) is 0 Å². The first-order valence-electron chi connectivity index (χ1n) is 9.69. The molecule has 1 aromatic carbocycles. The van der Waals surface area contributed by atoms with Crippen LogP contribution in [0, 0.1) is 0 Å². The number of nitrogens with one attached hydrogen (secondary N) is 2. The number of aromatic amines is 1. The van der Waals surface area contributed by atoms with Crippen LogP contribution < -0.4 is 14.8 Å². The Hall–Kier alpha value is -2.58. The minimum Gasteiger partial charge on any atom is -0.497 e. The van der Waals surface area contributed by atoms with Crippen LogP contribution in [0.3, 0.4) is 0 Å². The second kappa shape index (κ2) is 8.20. The monoisotopic (exact) mass is 385 g/mol. The van der Waals surface area contributed by atoms with Crippen molar-refractivity contribution in [3.63, 3.8) is 0 Å². The second-order valence-electron chi connectivity index (χ2n) is 7.20. The van der Waals surface area contributed by atoms with Crippen molar-refractivity contribution in [2.45, 2.75) is 19.5 Å². The molecule has 1 fully saturated rings. The Labute approximate surface area is 164 Å². The van der Waals surface area contributed by atoms with Crippen molar-refractivity contribution in [1.82, 2.24) is 25.3 Å². The van der Waals surface area contributed by atoms with E-state index in [-0.39, 0.29) is 5.91 Å². The molecule has 0 bridgehead atoms. The topological polar surface area (TPSA) is 82.7 Å². The highest BCUT2D eigenvalue weighted by Gasteiger charge is 2.28. The van der Waals surface area contributed by atoms with Crippen LogP contribution >= 0.6 is 0 Å². The average Bonchev–Trinajstić information content (AvgIpc) is 3.18. The fourth-order valence-corrected chi connectivity index (χ4v) is 3.91. The molecule has 4 rings (SSSR count). The Morgan fingerprint density at radius 3 is 2.75 bits per heavy atom. The molecule has 2 N–H and O–H groups in total. The highest BCUT2D eigenvalue weighted by atomic mass is 16.5. The molecule has 1 amide bonds. The van der Waals surface area contributed by atoms with Gasteiger partial charge in [0.1, 0.15) is 11.5 Å². The molecule has 0 spiro atoms. The number of hydrogen-bond acceptors (Lipinski definition) is 6. The normalized spacial score (nSPS) is 17.3. The summed E-state index contributed by atoms with van der Waals surface area (Å²) in [4.78, 5) is 17.2. The summed E-state index contributed by atoms with van der Waals surface area (Å²) in [7, 11) is 3.35. The van der Waals surface area contributed by atoms with Crippen molar-refractivity contribution >= 4 is 5.91 Å². The van der Waals surface area contributed by atoms with Gasteiger partial charge in [-0.2, -0.15) is 5.10 Å². The van der Waals surface area contributed by atoms with Gasteiger partial charge in [-0.05, 0) is 18.2 Å². The molecule has 0 atom stereocenters. The van der Waals surface area contributed by atoms with Gasteiger partial charge in [-0.1, -0.05) is 0 Å². The third-order valence-corrected chi connectivity index (χ3v) is 5.55. The lowest BCUT2D eigenvalue weighted by Gasteiger charge is -2.34. The smallest absolute Gasteiger partial charge is 0.274 e. The first kappa shape index (κ1) is 18.8. The maximum Gasteiger partial charge on any atom is 0.274 e. The number of carbonyl (C=O) groups excluding carboxylic acids is 1. The van der Waals surface area contributed by atoms with Gasteiger partial charge in [0.05, 0.1) is 14.2 Å². The van der Waals surface area contributed by atoms with Crippen LogP contribution in [0.5, 0.6) is 11.5 Å². The minimum absolute atomic E-state index is 0.0276. The summed E-state index contributed by atoms with van der Waals surface area (Å²) < 4.78 is 10.8. The zero-order chi connectivity index (χ0) is 19.5. The largest absolute Gasteiger partial charge is 0.497 e. The van der Waals surface area contributed by atoms with Crippen molar-refractivity contribution in [2.75, 3.05) is 46.9 Å². The molecule has 0 unspecified atom stereocenters.